The van der Waals surface area contributed by atoms with Gasteiger partial charge in [-0.1, -0.05) is 30.3 Å². The largest absolute Gasteiger partial charge is 0.340 e. The van der Waals surface area contributed by atoms with Gasteiger partial charge >= 0.3 is 0 Å². The number of hydrogen-bond donors (Lipinski definition) is 0. The molecule has 1 aromatic rings. The molecule has 5 heteroatoms. The number of hydrogen-bond acceptors (Lipinski definition) is 4. The van der Waals surface area contributed by atoms with Crippen molar-refractivity contribution < 1.29 is 4.79 Å². The molecule has 0 N–H and O–H groups in total. The van der Waals surface area contributed by atoms with E-state index in [9.17, 15) is 4.79 Å². The van der Waals surface area contributed by atoms with Crippen LogP contribution in [-0.2, 0) is 4.79 Å². The van der Waals surface area contributed by atoms with Gasteiger partial charge in [0.15, 0.2) is 0 Å². The minimum atomic E-state index is -0.118. The van der Waals surface area contributed by atoms with Crippen molar-refractivity contribution in [3.63, 3.8) is 0 Å². The molecule has 0 saturated carbocycles. The second-order valence-corrected chi connectivity index (χ2v) is 7.67. The molecule has 4 nitrogen and oxygen atoms in total. The van der Waals surface area contributed by atoms with Gasteiger partial charge in [-0.2, -0.15) is 11.8 Å². The molecule has 2 fully saturated rings. The van der Waals surface area contributed by atoms with Crippen molar-refractivity contribution in [2.24, 2.45) is 0 Å². The van der Waals surface area contributed by atoms with Crippen molar-refractivity contribution in [3.8, 4) is 0 Å². The third kappa shape index (κ3) is 4.28. The molecular formula is C18H27N3OS. The van der Waals surface area contributed by atoms with E-state index in [0.717, 1.165) is 57.0 Å². The summed E-state index contributed by atoms with van der Waals surface area (Å²) in [6.45, 7) is 5.79. The summed E-state index contributed by atoms with van der Waals surface area (Å²) >= 11 is 1.97. The van der Waals surface area contributed by atoms with E-state index in [2.05, 4.69) is 33.9 Å². The van der Waals surface area contributed by atoms with Crippen molar-refractivity contribution in [1.82, 2.24) is 14.7 Å². The van der Waals surface area contributed by atoms with Gasteiger partial charge in [-0.25, -0.2) is 0 Å². The van der Waals surface area contributed by atoms with E-state index in [1.165, 1.54) is 5.75 Å². The minimum Gasteiger partial charge on any atom is -0.340 e. The summed E-state index contributed by atoms with van der Waals surface area (Å²) < 4.78 is 0. The molecule has 0 bridgehead atoms. The zero-order chi connectivity index (χ0) is 16.1. The monoisotopic (exact) mass is 333 g/mol. The van der Waals surface area contributed by atoms with Crippen molar-refractivity contribution >= 4 is 17.7 Å². The van der Waals surface area contributed by atoms with Crippen LogP contribution in [0.1, 0.15) is 18.0 Å². The second-order valence-electron chi connectivity index (χ2n) is 6.44. The maximum absolute atomic E-state index is 13.3. The average Bonchev–Trinajstić information content (AvgIpc) is 2.87. The van der Waals surface area contributed by atoms with Crippen molar-refractivity contribution in [1.29, 1.82) is 0 Å². The lowest BCUT2D eigenvalue weighted by molar-refractivity contribution is -0.137. The molecule has 2 saturated heterocycles. The molecule has 0 aromatic heterocycles. The number of carbonyl (C=O) groups is 1. The Morgan fingerprint density at radius 2 is 1.74 bits per heavy atom. The first-order chi connectivity index (χ1) is 11.3. The first-order valence-electron chi connectivity index (χ1n) is 8.60. The molecule has 2 heterocycles. The van der Waals surface area contributed by atoms with E-state index in [1.54, 1.807) is 0 Å². The lowest BCUT2D eigenvalue weighted by atomic mass is 10.0. The lowest BCUT2D eigenvalue weighted by Crippen LogP contribution is -2.51. The number of likely N-dealkylation sites (N-methyl/N-ethyl adjacent to an activating group) is 1. The standard InChI is InChI=1S/C18H27N3OS/c1-19-9-11-20(12-10-19)17(16-6-3-2-4-7-16)18(22)21-8-5-14-23-15-13-21/h2-4,6-7,17H,5,8-15H2,1H3. The predicted molar refractivity (Wildman–Crippen MR) is 96.8 cm³/mol. The Labute approximate surface area is 143 Å². The highest BCUT2D eigenvalue weighted by Gasteiger charge is 2.32. The van der Waals surface area contributed by atoms with Crippen LogP contribution in [-0.4, -0.2) is 78.4 Å². The molecule has 2 aliphatic heterocycles. The molecule has 2 aliphatic rings. The highest BCUT2D eigenvalue weighted by Crippen LogP contribution is 2.25. The summed E-state index contributed by atoms with van der Waals surface area (Å²) in [5.74, 6) is 2.54. The van der Waals surface area contributed by atoms with Gasteiger partial charge in [0.25, 0.3) is 0 Å². The maximum atomic E-state index is 13.3. The Bertz CT molecular complexity index is 494. The van der Waals surface area contributed by atoms with Gasteiger partial charge in [0.05, 0.1) is 0 Å². The van der Waals surface area contributed by atoms with Crippen molar-refractivity contribution in [2.75, 3.05) is 57.8 Å². The predicted octanol–water partition coefficient (Wildman–Crippen LogP) is 1.94. The number of thioether (sulfide) groups is 1. The molecule has 0 spiro atoms. The van der Waals surface area contributed by atoms with Crippen LogP contribution in [0.3, 0.4) is 0 Å². The lowest BCUT2D eigenvalue weighted by Gasteiger charge is -2.39. The molecule has 1 atom stereocenters. The molecule has 1 aromatic carbocycles. The molecule has 1 amide bonds. The van der Waals surface area contributed by atoms with Crippen LogP contribution in [0.4, 0.5) is 0 Å². The van der Waals surface area contributed by atoms with Gasteiger partial charge in [-0.15, -0.1) is 0 Å². The highest BCUT2D eigenvalue weighted by atomic mass is 32.2. The molecule has 0 aliphatic carbocycles. The molecular weight excluding hydrogens is 306 g/mol. The summed E-state index contributed by atoms with van der Waals surface area (Å²) in [6.07, 6.45) is 1.11. The topological polar surface area (TPSA) is 26.8 Å². The number of rotatable bonds is 3. The Morgan fingerprint density at radius 1 is 1.00 bits per heavy atom. The summed E-state index contributed by atoms with van der Waals surface area (Å²) in [6, 6.07) is 10.2. The van der Waals surface area contributed by atoms with Crippen LogP contribution in [0.2, 0.25) is 0 Å². The van der Waals surface area contributed by atoms with Crippen LogP contribution in [0.5, 0.6) is 0 Å². The molecule has 3 rings (SSSR count). The van der Waals surface area contributed by atoms with E-state index in [-0.39, 0.29) is 6.04 Å². The average molecular weight is 334 g/mol. The summed E-state index contributed by atoms with van der Waals surface area (Å²) in [4.78, 5) is 20.1. The second kappa shape index (κ2) is 8.18. The fourth-order valence-electron chi connectivity index (χ4n) is 3.36. The van der Waals surface area contributed by atoms with Gasteiger partial charge in [0.1, 0.15) is 6.04 Å². The Morgan fingerprint density at radius 3 is 2.48 bits per heavy atom. The minimum absolute atomic E-state index is 0.118. The summed E-state index contributed by atoms with van der Waals surface area (Å²) in [7, 11) is 2.16. The van der Waals surface area contributed by atoms with E-state index < -0.39 is 0 Å². The normalized spacial score (nSPS) is 22.6. The van der Waals surface area contributed by atoms with Crippen LogP contribution >= 0.6 is 11.8 Å². The summed E-state index contributed by atoms with van der Waals surface area (Å²) in [5.41, 5.74) is 1.14. The first kappa shape index (κ1) is 16.8. The fraction of sp³-hybridized carbons (Fsp3) is 0.611. The quantitative estimate of drug-likeness (QED) is 0.845. The number of piperazine rings is 1. The third-order valence-corrected chi connectivity index (χ3v) is 5.83. The Kier molecular flexibility index (Phi) is 5.97. The summed E-state index contributed by atoms with van der Waals surface area (Å²) in [5, 5.41) is 0. The van der Waals surface area contributed by atoms with Crippen LogP contribution in [0.25, 0.3) is 0 Å². The van der Waals surface area contributed by atoms with E-state index in [4.69, 9.17) is 0 Å². The number of amides is 1. The zero-order valence-electron chi connectivity index (χ0n) is 14.0. The van der Waals surface area contributed by atoms with Crippen LogP contribution < -0.4 is 0 Å². The van der Waals surface area contributed by atoms with Gasteiger partial charge in [-0.3, -0.25) is 9.69 Å². The molecule has 1 unspecified atom stereocenters. The number of carbonyl (C=O) groups excluding carboxylic acids is 1. The fourth-order valence-corrected chi connectivity index (χ4v) is 4.25. The van der Waals surface area contributed by atoms with E-state index >= 15 is 0 Å². The van der Waals surface area contributed by atoms with E-state index in [0.29, 0.717) is 5.91 Å². The third-order valence-electron chi connectivity index (χ3n) is 4.79. The Hall–Kier alpha value is -1.04. The molecule has 0 radical (unpaired) electrons. The number of nitrogens with zero attached hydrogens (tertiary/aromatic N) is 3. The highest BCUT2D eigenvalue weighted by molar-refractivity contribution is 7.99. The van der Waals surface area contributed by atoms with Gasteiger partial charge in [0, 0.05) is 45.0 Å². The first-order valence-corrected chi connectivity index (χ1v) is 9.75. The molecule has 126 valence electrons. The SMILES string of the molecule is CN1CCN(C(C(=O)N2CCCSCC2)c2ccccc2)CC1. The zero-order valence-corrected chi connectivity index (χ0v) is 14.8. The maximum Gasteiger partial charge on any atom is 0.244 e. The Balaban J connectivity index is 1.80. The van der Waals surface area contributed by atoms with Crippen LogP contribution in [0, 0.1) is 0 Å². The van der Waals surface area contributed by atoms with Gasteiger partial charge in [0.2, 0.25) is 5.91 Å². The number of benzene rings is 1. The van der Waals surface area contributed by atoms with Crippen LogP contribution in [0.15, 0.2) is 30.3 Å². The van der Waals surface area contributed by atoms with Gasteiger partial charge < -0.3 is 9.80 Å². The van der Waals surface area contributed by atoms with E-state index in [1.807, 2.05) is 30.0 Å². The smallest absolute Gasteiger partial charge is 0.244 e. The van der Waals surface area contributed by atoms with Crippen molar-refractivity contribution in [3.05, 3.63) is 35.9 Å². The van der Waals surface area contributed by atoms with Gasteiger partial charge in [-0.05, 0) is 24.8 Å². The van der Waals surface area contributed by atoms with Crippen molar-refractivity contribution in [2.45, 2.75) is 12.5 Å². The molecule has 23 heavy (non-hydrogen) atoms.